The Morgan fingerprint density at radius 1 is 1.54 bits per heavy atom. The molecule has 0 saturated heterocycles. The van der Waals surface area contributed by atoms with Gasteiger partial charge in [0.2, 0.25) is 5.65 Å². The van der Waals surface area contributed by atoms with Crippen LogP contribution in [0.25, 0.3) is 11.2 Å². The fourth-order valence-electron chi connectivity index (χ4n) is 1.07. The summed E-state index contributed by atoms with van der Waals surface area (Å²) < 4.78 is 0. The molecular formula is C7H9N5O. The van der Waals surface area contributed by atoms with Crippen LogP contribution < -0.4 is 5.73 Å². The van der Waals surface area contributed by atoms with E-state index in [0.29, 0.717) is 16.7 Å². The van der Waals surface area contributed by atoms with Gasteiger partial charge in [-0.15, -0.1) is 5.10 Å². The third-order valence-electron chi connectivity index (χ3n) is 1.80. The van der Waals surface area contributed by atoms with E-state index in [2.05, 4.69) is 20.4 Å². The molecule has 4 N–H and O–H groups in total. The largest absolute Gasteiger partial charge is 0.387 e. The third kappa shape index (κ3) is 1.36. The van der Waals surface area contributed by atoms with Crippen LogP contribution in [0.4, 0.5) is 0 Å². The Morgan fingerprint density at radius 2 is 2.38 bits per heavy atom. The molecular weight excluding hydrogens is 170 g/mol. The van der Waals surface area contributed by atoms with Gasteiger partial charge in [0.1, 0.15) is 5.52 Å². The predicted molar refractivity (Wildman–Crippen MR) is 45.7 cm³/mol. The molecule has 0 amide bonds. The number of hydrogen-bond acceptors (Lipinski definition) is 5. The van der Waals surface area contributed by atoms with Crippen LogP contribution in [0, 0.1) is 0 Å². The Bertz CT molecular complexity index is 412. The fourth-order valence-corrected chi connectivity index (χ4v) is 1.07. The van der Waals surface area contributed by atoms with E-state index in [4.69, 9.17) is 5.73 Å². The minimum absolute atomic E-state index is 0.172. The van der Waals surface area contributed by atoms with Crippen LogP contribution in [-0.4, -0.2) is 32.0 Å². The van der Waals surface area contributed by atoms with Gasteiger partial charge in [0.05, 0.1) is 6.10 Å². The lowest BCUT2D eigenvalue weighted by Gasteiger charge is -2.05. The summed E-state index contributed by atoms with van der Waals surface area (Å²) in [6.45, 7) is 0.172. The molecule has 2 aromatic heterocycles. The van der Waals surface area contributed by atoms with Crippen molar-refractivity contribution in [1.82, 2.24) is 20.4 Å². The average Bonchev–Trinajstić information content (AvgIpc) is 2.63. The third-order valence-corrected chi connectivity index (χ3v) is 1.80. The summed E-state index contributed by atoms with van der Waals surface area (Å²) in [5.74, 6) is 0. The molecule has 0 aliphatic heterocycles. The fraction of sp³-hybridized carbons (Fsp3) is 0.286. The van der Waals surface area contributed by atoms with E-state index in [9.17, 15) is 5.11 Å². The van der Waals surface area contributed by atoms with Gasteiger partial charge in [-0.2, -0.15) is 10.3 Å². The highest BCUT2D eigenvalue weighted by Gasteiger charge is 2.07. The molecule has 68 valence electrons. The van der Waals surface area contributed by atoms with Gasteiger partial charge < -0.3 is 10.8 Å². The molecule has 1 atom stereocenters. The van der Waals surface area contributed by atoms with Gasteiger partial charge in [0, 0.05) is 18.3 Å². The lowest BCUT2D eigenvalue weighted by molar-refractivity contribution is 0.186. The molecule has 13 heavy (non-hydrogen) atoms. The number of rotatable bonds is 2. The molecule has 2 heterocycles. The normalized spacial score (nSPS) is 13.4. The first kappa shape index (κ1) is 8.09. The number of H-pyrrole nitrogens is 1. The van der Waals surface area contributed by atoms with Crippen LogP contribution in [-0.2, 0) is 0 Å². The van der Waals surface area contributed by atoms with E-state index in [1.165, 1.54) is 0 Å². The molecule has 6 nitrogen and oxygen atoms in total. The maximum atomic E-state index is 9.40. The zero-order valence-electron chi connectivity index (χ0n) is 6.81. The van der Waals surface area contributed by atoms with Crippen molar-refractivity contribution in [3.05, 3.63) is 17.8 Å². The SMILES string of the molecule is NCC(O)c1cnc2n[nH]nc2c1. The second kappa shape index (κ2) is 3.08. The maximum Gasteiger partial charge on any atom is 0.201 e. The van der Waals surface area contributed by atoms with E-state index < -0.39 is 6.10 Å². The molecule has 2 aromatic rings. The highest BCUT2D eigenvalue weighted by Crippen LogP contribution is 2.13. The van der Waals surface area contributed by atoms with Crippen LogP contribution in [0.15, 0.2) is 12.3 Å². The Hall–Kier alpha value is -1.53. The molecule has 0 bridgehead atoms. The molecule has 0 radical (unpaired) electrons. The van der Waals surface area contributed by atoms with Crippen LogP contribution in [0.1, 0.15) is 11.7 Å². The number of aromatic nitrogens is 4. The molecule has 0 aliphatic rings. The van der Waals surface area contributed by atoms with Crippen molar-refractivity contribution in [3.63, 3.8) is 0 Å². The highest BCUT2D eigenvalue weighted by molar-refractivity contribution is 5.69. The summed E-state index contributed by atoms with van der Waals surface area (Å²) in [4.78, 5) is 3.99. The van der Waals surface area contributed by atoms with Crippen LogP contribution in [0.3, 0.4) is 0 Å². The summed E-state index contributed by atoms with van der Waals surface area (Å²) in [7, 11) is 0. The number of aliphatic hydroxyl groups excluding tert-OH is 1. The van der Waals surface area contributed by atoms with Crippen LogP contribution >= 0.6 is 0 Å². The Labute approximate surface area is 73.8 Å². The molecule has 0 aliphatic carbocycles. The number of nitrogens with two attached hydrogens (primary N) is 1. The molecule has 2 rings (SSSR count). The maximum absolute atomic E-state index is 9.40. The topological polar surface area (TPSA) is 101 Å². The first-order valence-electron chi connectivity index (χ1n) is 3.86. The Balaban J connectivity index is 2.48. The first-order valence-corrected chi connectivity index (χ1v) is 3.86. The van der Waals surface area contributed by atoms with Crippen molar-refractivity contribution in [2.24, 2.45) is 5.73 Å². The molecule has 0 aromatic carbocycles. The highest BCUT2D eigenvalue weighted by atomic mass is 16.3. The monoisotopic (exact) mass is 179 g/mol. The standard InChI is InChI=1S/C7H9N5O/c8-2-6(13)4-1-5-7(9-3-4)11-12-10-5/h1,3,6,13H,2,8H2,(H,9,10,11,12). The number of aromatic amines is 1. The average molecular weight is 179 g/mol. The van der Waals surface area contributed by atoms with Crippen molar-refractivity contribution in [2.45, 2.75) is 6.10 Å². The van der Waals surface area contributed by atoms with Crippen LogP contribution in [0.5, 0.6) is 0 Å². The van der Waals surface area contributed by atoms with Crippen molar-refractivity contribution in [3.8, 4) is 0 Å². The van der Waals surface area contributed by atoms with Gasteiger partial charge in [-0.1, -0.05) is 0 Å². The summed E-state index contributed by atoms with van der Waals surface area (Å²) in [5, 5.41) is 19.5. The predicted octanol–water partition coefficient (Wildman–Crippen LogP) is -0.655. The minimum Gasteiger partial charge on any atom is -0.387 e. The summed E-state index contributed by atoms with van der Waals surface area (Å²) >= 11 is 0. The van der Waals surface area contributed by atoms with Gasteiger partial charge in [-0.25, -0.2) is 4.98 Å². The smallest absolute Gasteiger partial charge is 0.201 e. The molecule has 0 fully saturated rings. The Morgan fingerprint density at radius 3 is 3.15 bits per heavy atom. The van der Waals surface area contributed by atoms with Gasteiger partial charge in [0.25, 0.3) is 0 Å². The molecule has 0 saturated carbocycles. The molecule has 6 heteroatoms. The van der Waals surface area contributed by atoms with Crippen molar-refractivity contribution in [1.29, 1.82) is 0 Å². The van der Waals surface area contributed by atoms with E-state index >= 15 is 0 Å². The van der Waals surface area contributed by atoms with E-state index in [0.717, 1.165) is 0 Å². The molecule has 0 spiro atoms. The zero-order chi connectivity index (χ0) is 9.26. The van der Waals surface area contributed by atoms with E-state index in [1.54, 1.807) is 12.3 Å². The number of nitrogens with one attached hydrogen (secondary N) is 1. The van der Waals surface area contributed by atoms with Crippen molar-refractivity contribution in [2.75, 3.05) is 6.54 Å². The number of hydrogen-bond donors (Lipinski definition) is 3. The zero-order valence-corrected chi connectivity index (χ0v) is 6.81. The van der Waals surface area contributed by atoms with Crippen LogP contribution in [0.2, 0.25) is 0 Å². The number of nitrogens with zero attached hydrogens (tertiary/aromatic N) is 3. The lowest BCUT2D eigenvalue weighted by atomic mass is 10.1. The summed E-state index contributed by atoms with van der Waals surface area (Å²) in [6.07, 6.45) is 0.858. The number of pyridine rings is 1. The first-order chi connectivity index (χ1) is 6.31. The Kier molecular flexibility index (Phi) is 1.91. The van der Waals surface area contributed by atoms with E-state index in [-0.39, 0.29) is 6.54 Å². The summed E-state index contributed by atoms with van der Waals surface area (Å²) in [5.41, 5.74) is 7.12. The van der Waals surface area contributed by atoms with Crippen molar-refractivity contribution < 1.29 is 5.11 Å². The van der Waals surface area contributed by atoms with Gasteiger partial charge >= 0.3 is 0 Å². The lowest BCUT2D eigenvalue weighted by Crippen LogP contribution is -2.11. The molecule has 1 unspecified atom stereocenters. The number of fused-ring (bicyclic) bond motifs is 1. The van der Waals surface area contributed by atoms with Crippen molar-refractivity contribution >= 4 is 11.2 Å². The van der Waals surface area contributed by atoms with E-state index in [1.807, 2.05) is 0 Å². The van der Waals surface area contributed by atoms with Gasteiger partial charge in [0.15, 0.2) is 0 Å². The number of aliphatic hydroxyl groups is 1. The summed E-state index contributed by atoms with van der Waals surface area (Å²) in [6, 6.07) is 1.71. The second-order valence-corrected chi connectivity index (χ2v) is 2.69. The van der Waals surface area contributed by atoms with Gasteiger partial charge in [-0.05, 0) is 6.07 Å². The van der Waals surface area contributed by atoms with Gasteiger partial charge in [-0.3, -0.25) is 0 Å². The minimum atomic E-state index is -0.686. The quantitative estimate of drug-likeness (QED) is 0.568. The second-order valence-electron chi connectivity index (χ2n) is 2.69.